The third-order valence-corrected chi connectivity index (χ3v) is 4.29. The van der Waals surface area contributed by atoms with Crippen LogP contribution in [0.4, 0.5) is 11.4 Å². The number of para-hydroxylation sites is 1. The standard InChI is InChI=1S/C19H21ClN2O3/c1-3-12(2)14-6-4-5-7-17(14)22-18(23)11-25-19(24)13-8-9-15(20)16(21)10-13/h4-10,12H,3,11,21H2,1-2H3,(H,22,23)/t12-/m0/s1. The first-order valence-corrected chi connectivity index (χ1v) is 8.41. The number of nitrogen functional groups attached to an aromatic ring is 1. The first-order valence-electron chi connectivity index (χ1n) is 8.03. The van der Waals surface area contributed by atoms with Gasteiger partial charge in [0.2, 0.25) is 0 Å². The fraction of sp³-hybridized carbons (Fsp3) is 0.263. The van der Waals surface area contributed by atoms with Crippen LogP contribution in [-0.4, -0.2) is 18.5 Å². The van der Waals surface area contributed by atoms with Crippen LogP contribution in [0.5, 0.6) is 0 Å². The fourth-order valence-corrected chi connectivity index (χ4v) is 2.45. The molecule has 1 amide bonds. The molecule has 2 aromatic carbocycles. The van der Waals surface area contributed by atoms with E-state index in [1.165, 1.54) is 18.2 Å². The normalized spacial score (nSPS) is 11.6. The average Bonchev–Trinajstić information content (AvgIpc) is 2.61. The summed E-state index contributed by atoms with van der Waals surface area (Å²) in [5.74, 6) is -0.712. The van der Waals surface area contributed by atoms with Crippen molar-refractivity contribution in [3.8, 4) is 0 Å². The number of carbonyl (C=O) groups excluding carboxylic acids is 2. The summed E-state index contributed by atoms with van der Waals surface area (Å²) in [4.78, 5) is 24.1. The molecule has 0 bridgehead atoms. The molecular weight excluding hydrogens is 340 g/mol. The molecule has 2 aromatic rings. The van der Waals surface area contributed by atoms with E-state index in [0.717, 1.165) is 17.7 Å². The number of carbonyl (C=O) groups is 2. The zero-order valence-corrected chi connectivity index (χ0v) is 15.0. The first kappa shape index (κ1) is 18.8. The summed E-state index contributed by atoms with van der Waals surface area (Å²) in [5, 5.41) is 3.15. The molecule has 0 aliphatic rings. The topological polar surface area (TPSA) is 81.4 Å². The number of nitrogens with one attached hydrogen (secondary N) is 1. The van der Waals surface area contributed by atoms with Gasteiger partial charge in [-0.2, -0.15) is 0 Å². The van der Waals surface area contributed by atoms with Gasteiger partial charge in [0, 0.05) is 5.69 Å². The van der Waals surface area contributed by atoms with Crippen molar-refractivity contribution >= 4 is 34.9 Å². The number of halogens is 1. The maximum atomic E-state index is 12.1. The highest BCUT2D eigenvalue weighted by molar-refractivity contribution is 6.33. The average molecular weight is 361 g/mol. The van der Waals surface area contributed by atoms with Crippen molar-refractivity contribution in [3.05, 3.63) is 58.6 Å². The van der Waals surface area contributed by atoms with Crippen molar-refractivity contribution in [2.45, 2.75) is 26.2 Å². The highest BCUT2D eigenvalue weighted by Gasteiger charge is 2.14. The molecular formula is C19H21ClN2O3. The second-order valence-electron chi connectivity index (χ2n) is 5.76. The minimum atomic E-state index is -0.631. The van der Waals surface area contributed by atoms with Gasteiger partial charge in [0.25, 0.3) is 5.91 Å². The second-order valence-corrected chi connectivity index (χ2v) is 6.16. The van der Waals surface area contributed by atoms with Gasteiger partial charge >= 0.3 is 5.97 Å². The van der Waals surface area contributed by atoms with E-state index < -0.39 is 11.9 Å². The Hall–Kier alpha value is -2.53. The van der Waals surface area contributed by atoms with Crippen molar-refractivity contribution < 1.29 is 14.3 Å². The summed E-state index contributed by atoms with van der Waals surface area (Å²) in [6, 6.07) is 12.0. The highest BCUT2D eigenvalue weighted by Crippen LogP contribution is 2.26. The molecule has 0 radical (unpaired) electrons. The van der Waals surface area contributed by atoms with Crippen LogP contribution in [0.1, 0.15) is 42.1 Å². The molecule has 0 aliphatic heterocycles. The maximum Gasteiger partial charge on any atom is 0.338 e. The van der Waals surface area contributed by atoms with Crippen LogP contribution >= 0.6 is 11.6 Å². The van der Waals surface area contributed by atoms with E-state index in [4.69, 9.17) is 22.1 Å². The highest BCUT2D eigenvalue weighted by atomic mass is 35.5. The van der Waals surface area contributed by atoms with Crippen LogP contribution in [0.3, 0.4) is 0 Å². The van der Waals surface area contributed by atoms with Crippen molar-refractivity contribution in [2.24, 2.45) is 0 Å². The number of rotatable bonds is 6. The lowest BCUT2D eigenvalue weighted by Gasteiger charge is -2.15. The third-order valence-electron chi connectivity index (χ3n) is 3.94. The quantitative estimate of drug-likeness (QED) is 0.596. The summed E-state index contributed by atoms with van der Waals surface area (Å²) in [6.45, 7) is 3.80. The summed E-state index contributed by atoms with van der Waals surface area (Å²) < 4.78 is 5.03. The number of benzene rings is 2. The Morgan fingerprint density at radius 2 is 1.96 bits per heavy atom. The van der Waals surface area contributed by atoms with E-state index in [1.807, 2.05) is 24.3 Å². The maximum absolute atomic E-state index is 12.1. The number of esters is 1. The summed E-state index contributed by atoms with van der Waals surface area (Å²) in [5.41, 5.74) is 7.96. The molecule has 0 heterocycles. The molecule has 0 unspecified atom stereocenters. The number of hydrogen-bond acceptors (Lipinski definition) is 4. The second kappa shape index (κ2) is 8.53. The molecule has 0 saturated heterocycles. The number of amides is 1. The van der Waals surface area contributed by atoms with E-state index in [9.17, 15) is 9.59 Å². The Labute approximate surface area is 152 Å². The number of hydrogen-bond donors (Lipinski definition) is 2. The van der Waals surface area contributed by atoms with Gasteiger partial charge in [0.15, 0.2) is 6.61 Å². The van der Waals surface area contributed by atoms with Crippen LogP contribution < -0.4 is 11.1 Å². The predicted octanol–water partition coefficient (Wildman–Crippen LogP) is 4.23. The van der Waals surface area contributed by atoms with E-state index in [-0.39, 0.29) is 17.9 Å². The molecule has 3 N–H and O–H groups in total. The van der Waals surface area contributed by atoms with Gasteiger partial charge in [-0.05, 0) is 42.2 Å². The summed E-state index contributed by atoms with van der Waals surface area (Å²) in [7, 11) is 0. The predicted molar refractivity (Wildman–Crippen MR) is 99.9 cm³/mol. The zero-order valence-electron chi connectivity index (χ0n) is 14.2. The Bertz CT molecular complexity index is 777. The minimum absolute atomic E-state index is 0.245. The number of ether oxygens (including phenoxy) is 1. The lowest BCUT2D eigenvalue weighted by molar-refractivity contribution is -0.119. The Kier molecular flexibility index (Phi) is 6.42. The molecule has 0 spiro atoms. The molecule has 2 rings (SSSR count). The molecule has 0 saturated carbocycles. The van der Waals surface area contributed by atoms with Gasteiger partial charge in [0.05, 0.1) is 16.3 Å². The van der Waals surface area contributed by atoms with Gasteiger partial charge in [-0.3, -0.25) is 4.79 Å². The Morgan fingerprint density at radius 1 is 1.24 bits per heavy atom. The minimum Gasteiger partial charge on any atom is -0.452 e. The van der Waals surface area contributed by atoms with Crippen LogP contribution in [0.25, 0.3) is 0 Å². The van der Waals surface area contributed by atoms with Crippen LogP contribution in [0, 0.1) is 0 Å². The zero-order chi connectivity index (χ0) is 18.4. The van der Waals surface area contributed by atoms with Crippen LogP contribution in [0.2, 0.25) is 5.02 Å². The molecule has 0 aromatic heterocycles. The molecule has 0 fully saturated rings. The fourth-order valence-electron chi connectivity index (χ4n) is 2.33. The smallest absolute Gasteiger partial charge is 0.338 e. The van der Waals surface area contributed by atoms with Crippen molar-refractivity contribution in [2.75, 3.05) is 17.7 Å². The van der Waals surface area contributed by atoms with Crippen molar-refractivity contribution in [1.82, 2.24) is 0 Å². The third kappa shape index (κ3) is 4.97. The van der Waals surface area contributed by atoms with Gasteiger partial charge in [-0.25, -0.2) is 4.79 Å². The lowest BCUT2D eigenvalue weighted by Crippen LogP contribution is -2.21. The molecule has 6 heteroatoms. The lowest BCUT2D eigenvalue weighted by atomic mass is 9.97. The summed E-state index contributed by atoms with van der Waals surface area (Å²) >= 11 is 5.81. The van der Waals surface area contributed by atoms with Crippen molar-refractivity contribution in [3.63, 3.8) is 0 Å². The van der Waals surface area contributed by atoms with Gasteiger partial charge in [-0.15, -0.1) is 0 Å². The molecule has 5 nitrogen and oxygen atoms in total. The van der Waals surface area contributed by atoms with Crippen LogP contribution in [-0.2, 0) is 9.53 Å². The summed E-state index contributed by atoms with van der Waals surface area (Å²) in [6.07, 6.45) is 0.958. The number of anilines is 2. The molecule has 1 atom stereocenters. The van der Waals surface area contributed by atoms with Gasteiger partial charge < -0.3 is 15.8 Å². The van der Waals surface area contributed by atoms with E-state index in [2.05, 4.69) is 19.2 Å². The molecule has 132 valence electrons. The van der Waals surface area contributed by atoms with Crippen molar-refractivity contribution in [1.29, 1.82) is 0 Å². The first-order chi connectivity index (χ1) is 11.9. The molecule has 0 aliphatic carbocycles. The van der Waals surface area contributed by atoms with E-state index in [0.29, 0.717) is 10.9 Å². The molecule has 25 heavy (non-hydrogen) atoms. The SMILES string of the molecule is CC[C@H](C)c1ccccc1NC(=O)COC(=O)c1ccc(Cl)c(N)c1. The van der Waals surface area contributed by atoms with E-state index >= 15 is 0 Å². The number of nitrogens with two attached hydrogens (primary N) is 1. The van der Waals surface area contributed by atoms with E-state index in [1.54, 1.807) is 0 Å². The Balaban J connectivity index is 1.97. The Morgan fingerprint density at radius 3 is 2.64 bits per heavy atom. The largest absolute Gasteiger partial charge is 0.452 e. The monoisotopic (exact) mass is 360 g/mol. The van der Waals surface area contributed by atoms with Gasteiger partial charge in [0.1, 0.15) is 0 Å². The van der Waals surface area contributed by atoms with Gasteiger partial charge in [-0.1, -0.05) is 43.6 Å². The van der Waals surface area contributed by atoms with Crippen LogP contribution in [0.15, 0.2) is 42.5 Å².